The first-order valence-corrected chi connectivity index (χ1v) is 9.85. The van der Waals surface area contributed by atoms with E-state index >= 15 is 0 Å². The molecule has 7 heteroatoms. The molecule has 0 spiro atoms. The lowest BCUT2D eigenvalue weighted by Crippen LogP contribution is -2.22. The molecule has 26 heavy (non-hydrogen) atoms. The number of nitrogens with one attached hydrogen (secondary N) is 1. The number of fused-ring (bicyclic) bond motifs is 1. The maximum absolute atomic E-state index is 12.6. The first-order valence-electron chi connectivity index (χ1n) is 8.16. The summed E-state index contributed by atoms with van der Waals surface area (Å²) in [6.07, 6.45) is 1.54. The van der Waals surface area contributed by atoms with Crippen molar-refractivity contribution in [2.45, 2.75) is 38.0 Å². The van der Waals surface area contributed by atoms with E-state index in [9.17, 15) is 9.59 Å². The van der Waals surface area contributed by atoms with Crippen LogP contribution in [0.2, 0.25) is 0 Å². The van der Waals surface area contributed by atoms with E-state index in [1.165, 1.54) is 23.6 Å². The lowest BCUT2D eigenvalue weighted by Gasteiger charge is -2.12. The first kappa shape index (κ1) is 18.5. The van der Waals surface area contributed by atoms with Gasteiger partial charge in [-0.1, -0.05) is 23.9 Å². The molecule has 1 amide bonds. The summed E-state index contributed by atoms with van der Waals surface area (Å²) in [7, 11) is 0. The molecule has 0 saturated heterocycles. The lowest BCUT2D eigenvalue weighted by atomic mass is 10.1. The van der Waals surface area contributed by atoms with Crippen LogP contribution in [0.3, 0.4) is 0 Å². The van der Waals surface area contributed by atoms with Crippen molar-refractivity contribution < 1.29 is 9.59 Å². The van der Waals surface area contributed by atoms with Gasteiger partial charge >= 0.3 is 0 Å². The van der Waals surface area contributed by atoms with Gasteiger partial charge in [-0.15, -0.1) is 11.3 Å². The highest BCUT2D eigenvalue weighted by Gasteiger charge is 2.19. The second-order valence-corrected chi connectivity index (χ2v) is 8.56. The quantitative estimate of drug-likeness (QED) is 0.394. The third-order valence-electron chi connectivity index (χ3n) is 4.12. The number of hydrogen-bond donors (Lipinski definition) is 1. The SMILES string of the molecule is CC(=O)c1cccc(NC(=O)[C@@H](C)Sc2ncnc3sc(C)c(C)c23)c1. The second-order valence-electron chi connectivity index (χ2n) is 6.03. The fourth-order valence-electron chi connectivity index (χ4n) is 2.52. The normalized spacial score (nSPS) is 12.2. The summed E-state index contributed by atoms with van der Waals surface area (Å²) >= 11 is 3.05. The molecule has 3 aromatic rings. The summed E-state index contributed by atoms with van der Waals surface area (Å²) in [6, 6.07) is 6.95. The zero-order valence-corrected chi connectivity index (χ0v) is 16.6. The Bertz CT molecular complexity index is 998. The van der Waals surface area contributed by atoms with Crippen molar-refractivity contribution in [3.63, 3.8) is 0 Å². The van der Waals surface area contributed by atoms with E-state index in [0.717, 1.165) is 20.8 Å². The van der Waals surface area contributed by atoms with Crippen LogP contribution in [-0.4, -0.2) is 26.9 Å². The van der Waals surface area contributed by atoms with Crippen LogP contribution in [0.25, 0.3) is 10.2 Å². The van der Waals surface area contributed by atoms with Gasteiger partial charge in [-0.25, -0.2) is 9.97 Å². The molecular weight excluding hydrogens is 366 g/mol. The number of hydrogen-bond acceptors (Lipinski definition) is 6. The largest absolute Gasteiger partial charge is 0.325 e. The summed E-state index contributed by atoms with van der Waals surface area (Å²) in [5.41, 5.74) is 2.35. The molecule has 1 N–H and O–H groups in total. The van der Waals surface area contributed by atoms with Crippen molar-refractivity contribution in [1.82, 2.24) is 9.97 Å². The predicted octanol–water partition coefficient (Wildman–Crippen LogP) is 4.63. The first-order chi connectivity index (χ1) is 12.4. The van der Waals surface area contributed by atoms with Crippen LogP contribution in [0.4, 0.5) is 5.69 Å². The van der Waals surface area contributed by atoms with E-state index in [2.05, 4.69) is 29.1 Å². The number of nitrogens with zero attached hydrogens (tertiary/aromatic N) is 2. The van der Waals surface area contributed by atoms with E-state index in [4.69, 9.17) is 0 Å². The number of aromatic nitrogens is 2. The second kappa shape index (κ2) is 7.55. The molecule has 134 valence electrons. The van der Waals surface area contributed by atoms with Gasteiger partial charge in [-0.05, 0) is 45.4 Å². The Morgan fingerprint density at radius 3 is 2.73 bits per heavy atom. The molecule has 0 saturated carbocycles. The molecule has 1 aromatic carbocycles. The van der Waals surface area contributed by atoms with Gasteiger partial charge in [0.05, 0.1) is 5.25 Å². The van der Waals surface area contributed by atoms with Crippen molar-refractivity contribution >= 4 is 50.7 Å². The van der Waals surface area contributed by atoms with Gasteiger partial charge in [-0.2, -0.15) is 0 Å². The van der Waals surface area contributed by atoms with Gasteiger partial charge in [0.15, 0.2) is 5.78 Å². The number of rotatable bonds is 5. The summed E-state index contributed by atoms with van der Waals surface area (Å²) in [5.74, 6) is -0.165. The lowest BCUT2D eigenvalue weighted by molar-refractivity contribution is -0.115. The smallest absolute Gasteiger partial charge is 0.237 e. The van der Waals surface area contributed by atoms with Crippen LogP contribution in [-0.2, 0) is 4.79 Å². The van der Waals surface area contributed by atoms with E-state index in [1.54, 1.807) is 41.9 Å². The summed E-state index contributed by atoms with van der Waals surface area (Å²) in [4.78, 5) is 34.9. The van der Waals surface area contributed by atoms with Gasteiger partial charge in [0, 0.05) is 21.5 Å². The molecule has 0 aliphatic rings. The monoisotopic (exact) mass is 385 g/mol. The minimum Gasteiger partial charge on any atom is -0.325 e. The number of ketones is 1. The summed E-state index contributed by atoms with van der Waals surface area (Å²) < 4.78 is 0. The van der Waals surface area contributed by atoms with Gasteiger partial charge in [0.2, 0.25) is 5.91 Å². The molecule has 0 fully saturated rings. The van der Waals surface area contributed by atoms with Crippen LogP contribution in [0.15, 0.2) is 35.6 Å². The number of carbonyl (C=O) groups excluding carboxylic acids is 2. The van der Waals surface area contributed by atoms with Gasteiger partial charge in [0.25, 0.3) is 0 Å². The molecule has 1 atom stereocenters. The van der Waals surface area contributed by atoms with Crippen LogP contribution in [0.5, 0.6) is 0 Å². The number of thiophene rings is 1. The van der Waals surface area contributed by atoms with Crippen molar-refractivity contribution in [3.05, 3.63) is 46.6 Å². The molecule has 0 bridgehead atoms. The molecule has 0 aliphatic carbocycles. The van der Waals surface area contributed by atoms with E-state index < -0.39 is 0 Å². The van der Waals surface area contributed by atoms with Gasteiger partial charge in [0.1, 0.15) is 16.2 Å². The average Bonchev–Trinajstić information content (AvgIpc) is 2.90. The number of benzene rings is 1. The Morgan fingerprint density at radius 1 is 1.23 bits per heavy atom. The highest BCUT2D eigenvalue weighted by Crippen LogP contribution is 2.36. The number of amides is 1. The van der Waals surface area contributed by atoms with Crippen LogP contribution in [0.1, 0.15) is 34.6 Å². The number of anilines is 1. The topological polar surface area (TPSA) is 72.0 Å². The average molecular weight is 386 g/mol. The molecule has 5 nitrogen and oxygen atoms in total. The Kier molecular flexibility index (Phi) is 5.38. The Hall–Kier alpha value is -2.25. The van der Waals surface area contributed by atoms with Gasteiger partial charge < -0.3 is 5.32 Å². The van der Waals surface area contributed by atoms with Crippen molar-refractivity contribution in [1.29, 1.82) is 0 Å². The Labute approximate surface area is 160 Å². The van der Waals surface area contributed by atoms with Crippen LogP contribution >= 0.6 is 23.1 Å². The fourth-order valence-corrected chi connectivity index (χ4v) is 4.56. The standard InChI is InChI=1S/C19H19N3O2S2/c1-10-12(3)25-18-16(10)19(21-9-20-18)26-13(4)17(24)22-15-7-5-6-14(8-15)11(2)23/h5-9,13H,1-4H3,(H,22,24)/t13-/m1/s1. The van der Waals surface area contributed by atoms with Crippen LogP contribution in [0, 0.1) is 13.8 Å². The van der Waals surface area contributed by atoms with E-state index in [1.807, 2.05) is 6.92 Å². The van der Waals surface area contributed by atoms with Crippen molar-refractivity contribution in [2.24, 2.45) is 0 Å². The minimum absolute atomic E-state index is 0.0322. The zero-order valence-electron chi connectivity index (χ0n) is 15.0. The van der Waals surface area contributed by atoms with Crippen LogP contribution < -0.4 is 5.32 Å². The Balaban J connectivity index is 1.78. The maximum atomic E-state index is 12.6. The Morgan fingerprint density at radius 2 is 2.00 bits per heavy atom. The number of Topliss-reactive ketones (excluding diaryl/α,β-unsaturated/α-hetero) is 1. The van der Waals surface area contributed by atoms with E-state index in [-0.39, 0.29) is 16.9 Å². The number of aryl methyl sites for hydroxylation is 2. The molecule has 0 unspecified atom stereocenters. The van der Waals surface area contributed by atoms with Gasteiger partial charge in [-0.3, -0.25) is 9.59 Å². The number of carbonyl (C=O) groups is 2. The third kappa shape index (κ3) is 3.78. The molecular formula is C19H19N3O2S2. The van der Waals surface area contributed by atoms with E-state index in [0.29, 0.717) is 11.3 Å². The molecule has 0 radical (unpaired) electrons. The third-order valence-corrected chi connectivity index (χ3v) is 6.34. The number of thioether (sulfide) groups is 1. The highest BCUT2D eigenvalue weighted by atomic mass is 32.2. The van der Waals surface area contributed by atoms with Crippen molar-refractivity contribution in [2.75, 3.05) is 5.32 Å². The minimum atomic E-state index is -0.339. The maximum Gasteiger partial charge on any atom is 0.237 e. The summed E-state index contributed by atoms with van der Waals surface area (Å²) in [6.45, 7) is 7.47. The molecule has 3 rings (SSSR count). The molecule has 0 aliphatic heterocycles. The fraction of sp³-hybridized carbons (Fsp3) is 0.263. The molecule has 2 heterocycles. The molecule has 2 aromatic heterocycles. The predicted molar refractivity (Wildman–Crippen MR) is 107 cm³/mol. The van der Waals surface area contributed by atoms with Crippen molar-refractivity contribution in [3.8, 4) is 0 Å². The highest BCUT2D eigenvalue weighted by molar-refractivity contribution is 8.00. The summed E-state index contributed by atoms with van der Waals surface area (Å²) in [5, 5.41) is 4.38. The zero-order chi connectivity index (χ0) is 18.8.